The van der Waals surface area contributed by atoms with E-state index in [4.69, 9.17) is 5.73 Å². The first-order valence-corrected chi connectivity index (χ1v) is 8.20. The maximum absolute atomic E-state index is 12.7. The minimum absolute atomic E-state index is 0.0881. The lowest BCUT2D eigenvalue weighted by Gasteiger charge is -2.21. The molecule has 2 N–H and O–H groups in total. The minimum Gasteiger partial charge on any atom is -0.382 e. The van der Waals surface area contributed by atoms with Gasteiger partial charge in [0.25, 0.3) is 5.91 Å². The first kappa shape index (κ1) is 13.7. The van der Waals surface area contributed by atoms with Crippen LogP contribution in [0.15, 0.2) is 0 Å². The molecule has 2 saturated carbocycles. The molecule has 1 heterocycles. The fourth-order valence-electron chi connectivity index (χ4n) is 2.26. The van der Waals surface area contributed by atoms with Gasteiger partial charge in [0.1, 0.15) is 10.7 Å². The molecule has 0 aliphatic heterocycles. The molecule has 0 saturated heterocycles. The van der Waals surface area contributed by atoms with Gasteiger partial charge in [-0.05, 0) is 38.5 Å². The van der Waals surface area contributed by atoms with Gasteiger partial charge in [-0.1, -0.05) is 11.3 Å². The number of amides is 1. The van der Waals surface area contributed by atoms with Crippen LogP contribution in [0, 0.1) is 5.92 Å². The van der Waals surface area contributed by atoms with E-state index in [0.29, 0.717) is 22.7 Å². The first-order valence-electron chi connectivity index (χ1n) is 7.38. The fourth-order valence-corrected chi connectivity index (χ4v) is 3.23. The highest BCUT2D eigenvalue weighted by Gasteiger charge is 2.38. The molecule has 1 amide bonds. The third-order valence-corrected chi connectivity index (χ3v) is 5.21. The second-order valence-electron chi connectivity index (χ2n) is 5.86. The summed E-state index contributed by atoms with van der Waals surface area (Å²) in [7, 11) is 1.97. The molecule has 6 heteroatoms. The van der Waals surface area contributed by atoms with Crippen molar-refractivity contribution in [3.05, 3.63) is 4.88 Å². The monoisotopic (exact) mass is 294 g/mol. The first-order chi connectivity index (χ1) is 9.60. The molecule has 20 heavy (non-hydrogen) atoms. The van der Waals surface area contributed by atoms with E-state index in [2.05, 4.69) is 11.9 Å². The largest absolute Gasteiger partial charge is 0.382 e. The van der Waals surface area contributed by atoms with Crippen LogP contribution in [0.4, 0.5) is 10.9 Å². The lowest BCUT2D eigenvalue weighted by Crippen LogP contribution is -2.34. The van der Waals surface area contributed by atoms with Gasteiger partial charge in [-0.3, -0.25) is 4.79 Å². The Kier molecular flexibility index (Phi) is 3.58. The second kappa shape index (κ2) is 5.24. The van der Waals surface area contributed by atoms with E-state index < -0.39 is 0 Å². The molecule has 5 nitrogen and oxygen atoms in total. The number of aromatic nitrogens is 1. The Labute approximate surface area is 123 Å². The van der Waals surface area contributed by atoms with Crippen molar-refractivity contribution in [2.24, 2.45) is 5.92 Å². The molecular weight excluding hydrogens is 272 g/mol. The fraction of sp³-hybridized carbons (Fsp3) is 0.714. The summed E-state index contributed by atoms with van der Waals surface area (Å²) in [5.74, 6) is 1.19. The predicted octanol–water partition coefficient (Wildman–Crippen LogP) is 2.20. The van der Waals surface area contributed by atoms with Gasteiger partial charge in [0, 0.05) is 26.2 Å². The van der Waals surface area contributed by atoms with E-state index in [1.54, 1.807) is 0 Å². The second-order valence-corrected chi connectivity index (χ2v) is 6.83. The van der Waals surface area contributed by atoms with Crippen molar-refractivity contribution < 1.29 is 4.79 Å². The van der Waals surface area contributed by atoms with Gasteiger partial charge in [0.05, 0.1) is 0 Å². The topological polar surface area (TPSA) is 62.5 Å². The van der Waals surface area contributed by atoms with Gasteiger partial charge in [0.15, 0.2) is 5.13 Å². The summed E-state index contributed by atoms with van der Waals surface area (Å²) in [6.07, 6.45) is 4.80. The predicted molar refractivity (Wildman–Crippen MR) is 82.3 cm³/mol. The van der Waals surface area contributed by atoms with Crippen LogP contribution in [0.25, 0.3) is 0 Å². The van der Waals surface area contributed by atoms with Gasteiger partial charge in [-0.2, -0.15) is 0 Å². The van der Waals surface area contributed by atoms with Crippen LogP contribution in [0.2, 0.25) is 0 Å². The smallest absolute Gasteiger partial charge is 0.268 e. The molecular formula is C14H22N4OS. The molecule has 2 aliphatic rings. The number of rotatable bonds is 6. The van der Waals surface area contributed by atoms with Crippen molar-refractivity contribution in [2.75, 3.05) is 30.8 Å². The average Bonchev–Trinajstić information content (AvgIpc) is 3.33. The lowest BCUT2D eigenvalue weighted by molar-refractivity contribution is 0.0740. The number of hydrogen-bond donors (Lipinski definition) is 1. The molecule has 110 valence electrons. The number of carbonyl (C=O) groups is 1. The number of nitrogens with two attached hydrogens (primary N) is 1. The van der Waals surface area contributed by atoms with Crippen LogP contribution in [0.1, 0.15) is 42.3 Å². The highest BCUT2D eigenvalue weighted by atomic mass is 32.1. The summed E-state index contributed by atoms with van der Waals surface area (Å²) >= 11 is 1.42. The lowest BCUT2D eigenvalue weighted by atomic mass is 10.3. The van der Waals surface area contributed by atoms with Crippen LogP contribution in [-0.4, -0.2) is 42.0 Å². The Morgan fingerprint density at radius 1 is 1.40 bits per heavy atom. The summed E-state index contributed by atoms with van der Waals surface area (Å²) in [6.45, 7) is 3.82. The van der Waals surface area contributed by atoms with E-state index in [9.17, 15) is 4.79 Å². The molecule has 0 aromatic carbocycles. The molecule has 1 aromatic heterocycles. The highest BCUT2D eigenvalue weighted by Crippen LogP contribution is 2.37. The van der Waals surface area contributed by atoms with E-state index >= 15 is 0 Å². The van der Waals surface area contributed by atoms with Crippen LogP contribution in [0.3, 0.4) is 0 Å². The zero-order chi connectivity index (χ0) is 14.3. The Balaban J connectivity index is 1.79. The third kappa shape index (κ3) is 2.75. The van der Waals surface area contributed by atoms with Crippen molar-refractivity contribution in [2.45, 2.75) is 38.6 Å². The summed E-state index contributed by atoms with van der Waals surface area (Å²) < 4.78 is 0. The summed E-state index contributed by atoms with van der Waals surface area (Å²) in [6, 6.07) is 0.442. The number of nitrogens with zero attached hydrogens (tertiary/aromatic N) is 3. The van der Waals surface area contributed by atoms with Crippen molar-refractivity contribution in [3.8, 4) is 0 Å². The van der Waals surface area contributed by atoms with Crippen molar-refractivity contribution in [1.29, 1.82) is 0 Å². The zero-order valence-electron chi connectivity index (χ0n) is 12.1. The normalized spacial score (nSPS) is 18.1. The molecule has 0 atom stereocenters. The number of thiazole rings is 1. The Bertz CT molecular complexity index is 507. The maximum atomic E-state index is 12.7. The number of hydrogen-bond acceptors (Lipinski definition) is 5. The van der Waals surface area contributed by atoms with Crippen LogP contribution in [0.5, 0.6) is 0 Å². The molecule has 2 aliphatic carbocycles. The number of anilines is 2. The van der Waals surface area contributed by atoms with E-state index in [1.807, 2.05) is 16.8 Å². The quantitative estimate of drug-likeness (QED) is 0.873. The highest BCUT2D eigenvalue weighted by molar-refractivity contribution is 7.18. The molecule has 0 radical (unpaired) electrons. The van der Waals surface area contributed by atoms with Crippen LogP contribution < -0.4 is 10.6 Å². The van der Waals surface area contributed by atoms with E-state index in [0.717, 1.165) is 31.1 Å². The Morgan fingerprint density at radius 2 is 2.10 bits per heavy atom. The minimum atomic E-state index is 0.0881. The SMILES string of the molecule is CCN(C)c1nc(N)c(C(=O)N(CC2CC2)C2CC2)s1. The van der Waals surface area contributed by atoms with Crippen LogP contribution >= 0.6 is 11.3 Å². The van der Waals surface area contributed by atoms with Gasteiger partial charge in [-0.15, -0.1) is 0 Å². The van der Waals surface area contributed by atoms with Crippen molar-refractivity contribution in [1.82, 2.24) is 9.88 Å². The van der Waals surface area contributed by atoms with Gasteiger partial charge in [0.2, 0.25) is 0 Å². The van der Waals surface area contributed by atoms with E-state index in [1.165, 1.54) is 24.2 Å². The van der Waals surface area contributed by atoms with Crippen molar-refractivity contribution in [3.63, 3.8) is 0 Å². The molecule has 0 spiro atoms. The molecule has 0 unspecified atom stereocenters. The van der Waals surface area contributed by atoms with Crippen LogP contribution in [-0.2, 0) is 0 Å². The summed E-state index contributed by atoms with van der Waals surface area (Å²) in [5, 5.41) is 0.829. The zero-order valence-corrected chi connectivity index (χ0v) is 12.9. The van der Waals surface area contributed by atoms with Gasteiger partial charge in [-0.25, -0.2) is 4.98 Å². The molecule has 1 aromatic rings. The number of nitrogen functional groups attached to an aromatic ring is 1. The molecule has 0 bridgehead atoms. The number of carbonyl (C=O) groups excluding carboxylic acids is 1. The maximum Gasteiger partial charge on any atom is 0.268 e. The Morgan fingerprint density at radius 3 is 2.65 bits per heavy atom. The third-order valence-electron chi connectivity index (χ3n) is 4.04. The molecule has 2 fully saturated rings. The van der Waals surface area contributed by atoms with E-state index in [-0.39, 0.29) is 5.91 Å². The molecule has 3 rings (SSSR count). The van der Waals surface area contributed by atoms with Gasteiger partial charge < -0.3 is 15.5 Å². The summed E-state index contributed by atoms with van der Waals surface area (Å²) in [4.78, 5) is 21.7. The average molecular weight is 294 g/mol. The summed E-state index contributed by atoms with van der Waals surface area (Å²) in [5.41, 5.74) is 5.96. The Hall–Kier alpha value is -1.30. The van der Waals surface area contributed by atoms with Crippen molar-refractivity contribution >= 4 is 28.2 Å². The van der Waals surface area contributed by atoms with Gasteiger partial charge >= 0.3 is 0 Å². The standard InChI is InChI=1S/C14H22N4OS/c1-3-17(2)14-16-12(15)11(20-14)13(19)18(10-6-7-10)8-9-4-5-9/h9-10H,3-8,15H2,1-2H3.